The molecule has 2 aromatic carbocycles. The number of hydrogen-bond donors (Lipinski definition) is 1. The van der Waals surface area contributed by atoms with E-state index in [1.807, 2.05) is 6.07 Å². The zero-order valence-electron chi connectivity index (χ0n) is 13.4. The van der Waals surface area contributed by atoms with Crippen molar-refractivity contribution in [3.63, 3.8) is 0 Å². The highest BCUT2D eigenvalue weighted by Crippen LogP contribution is 2.29. The summed E-state index contributed by atoms with van der Waals surface area (Å²) < 4.78 is 0. The van der Waals surface area contributed by atoms with E-state index in [-0.39, 0.29) is 0 Å². The maximum atomic E-state index is 6.32. The highest BCUT2D eigenvalue weighted by Gasteiger charge is 2.08. The van der Waals surface area contributed by atoms with Gasteiger partial charge in [0.05, 0.1) is 0 Å². The number of halogens is 1. The molecule has 2 aromatic rings. The Hall–Kier alpha value is -1.31. The van der Waals surface area contributed by atoms with Crippen LogP contribution in [0.3, 0.4) is 0 Å². The second-order valence-electron chi connectivity index (χ2n) is 5.73. The van der Waals surface area contributed by atoms with Gasteiger partial charge < -0.3 is 5.32 Å². The maximum absolute atomic E-state index is 6.32. The molecule has 0 radical (unpaired) electrons. The lowest BCUT2D eigenvalue weighted by molar-refractivity contribution is 0.676. The molecule has 1 nitrogen and oxygen atoms in total. The Kier molecular flexibility index (Phi) is 5.44. The minimum atomic E-state index is 0.824. The van der Waals surface area contributed by atoms with Crippen LogP contribution in [-0.2, 0) is 6.54 Å². The van der Waals surface area contributed by atoms with E-state index in [4.69, 9.17) is 11.6 Å². The smallest absolute Gasteiger partial charge is 0.0451 e. The summed E-state index contributed by atoms with van der Waals surface area (Å²) in [7, 11) is 0. The van der Waals surface area contributed by atoms with Crippen LogP contribution in [0, 0.1) is 20.8 Å². The molecule has 0 saturated carbocycles. The summed E-state index contributed by atoms with van der Waals surface area (Å²) in [5, 5.41) is 4.26. The van der Waals surface area contributed by atoms with Gasteiger partial charge in [-0.2, -0.15) is 0 Å². The largest absolute Gasteiger partial charge is 0.313 e. The van der Waals surface area contributed by atoms with Gasteiger partial charge in [0.1, 0.15) is 0 Å². The summed E-state index contributed by atoms with van der Waals surface area (Å²) in [5.41, 5.74) is 7.69. The van der Waals surface area contributed by atoms with E-state index in [1.54, 1.807) is 0 Å². The molecule has 0 heterocycles. The Morgan fingerprint density at radius 1 is 0.952 bits per heavy atom. The first-order chi connectivity index (χ1) is 10.0. The molecule has 0 bridgehead atoms. The molecule has 21 heavy (non-hydrogen) atoms. The fraction of sp³-hybridized carbons (Fsp3) is 0.368. The Morgan fingerprint density at radius 2 is 1.67 bits per heavy atom. The van der Waals surface area contributed by atoms with E-state index in [0.717, 1.165) is 24.5 Å². The van der Waals surface area contributed by atoms with Gasteiger partial charge in [0.25, 0.3) is 0 Å². The van der Waals surface area contributed by atoms with Gasteiger partial charge in [0.2, 0.25) is 0 Å². The van der Waals surface area contributed by atoms with Crippen molar-refractivity contribution in [2.24, 2.45) is 0 Å². The highest BCUT2D eigenvalue weighted by molar-refractivity contribution is 6.31. The molecule has 0 atom stereocenters. The van der Waals surface area contributed by atoms with Crippen LogP contribution in [0.25, 0.3) is 11.1 Å². The number of aryl methyl sites for hydroxylation is 3. The van der Waals surface area contributed by atoms with Crippen molar-refractivity contribution in [3.8, 4) is 11.1 Å². The van der Waals surface area contributed by atoms with Gasteiger partial charge in [-0.25, -0.2) is 0 Å². The molecule has 0 spiro atoms. The van der Waals surface area contributed by atoms with E-state index >= 15 is 0 Å². The van der Waals surface area contributed by atoms with Crippen molar-refractivity contribution in [2.75, 3.05) is 6.54 Å². The molecule has 2 rings (SSSR count). The summed E-state index contributed by atoms with van der Waals surface area (Å²) in [6.45, 7) is 10.5. The molecule has 0 aliphatic carbocycles. The molecule has 112 valence electrons. The van der Waals surface area contributed by atoms with Gasteiger partial charge in [0.15, 0.2) is 0 Å². The fourth-order valence-corrected chi connectivity index (χ4v) is 2.73. The summed E-state index contributed by atoms with van der Waals surface area (Å²) in [6.07, 6.45) is 1.13. The third-order valence-corrected chi connectivity index (χ3v) is 4.31. The van der Waals surface area contributed by atoms with Crippen LogP contribution in [0.15, 0.2) is 30.3 Å². The van der Waals surface area contributed by atoms with Crippen LogP contribution in [0.2, 0.25) is 5.02 Å². The summed E-state index contributed by atoms with van der Waals surface area (Å²) in [4.78, 5) is 0. The summed E-state index contributed by atoms with van der Waals surface area (Å²) in [5.74, 6) is 0. The van der Waals surface area contributed by atoms with Gasteiger partial charge in [0, 0.05) is 11.6 Å². The van der Waals surface area contributed by atoms with Crippen LogP contribution in [0.1, 0.15) is 35.6 Å². The maximum Gasteiger partial charge on any atom is 0.0451 e. The third kappa shape index (κ3) is 3.87. The predicted molar refractivity (Wildman–Crippen MR) is 93.1 cm³/mol. The first-order valence-corrected chi connectivity index (χ1v) is 7.98. The molecule has 0 aliphatic rings. The lowest BCUT2D eigenvalue weighted by atomic mass is 9.94. The Balaban J connectivity index is 2.36. The monoisotopic (exact) mass is 301 g/mol. The standard InChI is InChI=1S/C19H24ClN/c1-5-8-21-12-17-11-16(6-7-19(17)20)18-10-14(3)13(2)9-15(18)4/h6-7,9-11,21H,5,8,12H2,1-4H3. The van der Waals surface area contributed by atoms with Gasteiger partial charge in [-0.1, -0.05) is 36.7 Å². The lowest BCUT2D eigenvalue weighted by Gasteiger charge is -2.13. The quantitative estimate of drug-likeness (QED) is 0.726. The minimum Gasteiger partial charge on any atom is -0.313 e. The first kappa shape index (κ1) is 16.1. The van der Waals surface area contributed by atoms with Crippen molar-refractivity contribution < 1.29 is 0 Å². The zero-order chi connectivity index (χ0) is 15.4. The number of rotatable bonds is 5. The van der Waals surface area contributed by atoms with Crippen LogP contribution in [-0.4, -0.2) is 6.54 Å². The number of hydrogen-bond acceptors (Lipinski definition) is 1. The minimum absolute atomic E-state index is 0.824. The normalized spacial score (nSPS) is 10.9. The fourth-order valence-electron chi connectivity index (χ4n) is 2.55. The molecule has 0 aliphatic heterocycles. The van der Waals surface area contributed by atoms with Crippen LogP contribution >= 0.6 is 11.6 Å². The first-order valence-electron chi connectivity index (χ1n) is 7.60. The van der Waals surface area contributed by atoms with Crippen molar-refractivity contribution in [1.82, 2.24) is 5.32 Å². The average molecular weight is 302 g/mol. The Morgan fingerprint density at radius 3 is 2.38 bits per heavy atom. The van der Waals surface area contributed by atoms with E-state index in [1.165, 1.54) is 33.4 Å². The summed E-state index contributed by atoms with van der Waals surface area (Å²) in [6, 6.07) is 10.9. The van der Waals surface area contributed by atoms with Crippen molar-refractivity contribution >= 4 is 11.6 Å². The van der Waals surface area contributed by atoms with Crippen molar-refractivity contribution in [3.05, 3.63) is 57.6 Å². The van der Waals surface area contributed by atoms with Crippen molar-refractivity contribution in [1.29, 1.82) is 0 Å². The number of benzene rings is 2. The lowest BCUT2D eigenvalue weighted by Crippen LogP contribution is -2.14. The molecule has 0 saturated heterocycles. The number of nitrogens with one attached hydrogen (secondary N) is 1. The highest BCUT2D eigenvalue weighted by atomic mass is 35.5. The van der Waals surface area contributed by atoms with Crippen LogP contribution < -0.4 is 5.32 Å². The molecule has 2 heteroatoms. The SMILES string of the molecule is CCCNCc1cc(-c2cc(C)c(C)cc2C)ccc1Cl. The predicted octanol–water partition coefficient (Wildman–Crippen LogP) is 5.43. The Bertz CT molecular complexity index is 632. The second-order valence-corrected chi connectivity index (χ2v) is 6.14. The van der Waals surface area contributed by atoms with Crippen LogP contribution in [0.5, 0.6) is 0 Å². The molecule has 0 fully saturated rings. The molecular formula is C19H24ClN. The zero-order valence-corrected chi connectivity index (χ0v) is 14.1. The van der Waals surface area contributed by atoms with Gasteiger partial charge >= 0.3 is 0 Å². The molecular weight excluding hydrogens is 278 g/mol. The summed E-state index contributed by atoms with van der Waals surface area (Å²) >= 11 is 6.32. The topological polar surface area (TPSA) is 12.0 Å². The molecule has 1 N–H and O–H groups in total. The van der Waals surface area contributed by atoms with E-state index in [0.29, 0.717) is 0 Å². The van der Waals surface area contributed by atoms with Gasteiger partial charge in [-0.3, -0.25) is 0 Å². The average Bonchev–Trinajstić information content (AvgIpc) is 2.45. The van der Waals surface area contributed by atoms with Crippen molar-refractivity contribution in [2.45, 2.75) is 40.7 Å². The van der Waals surface area contributed by atoms with Crippen LogP contribution in [0.4, 0.5) is 0 Å². The van der Waals surface area contributed by atoms with Gasteiger partial charge in [-0.15, -0.1) is 0 Å². The third-order valence-electron chi connectivity index (χ3n) is 3.94. The molecule has 0 aromatic heterocycles. The van der Waals surface area contributed by atoms with E-state index in [2.05, 4.69) is 57.3 Å². The van der Waals surface area contributed by atoms with E-state index < -0.39 is 0 Å². The molecule has 0 amide bonds. The van der Waals surface area contributed by atoms with Gasteiger partial charge in [-0.05, 0) is 79.3 Å². The second kappa shape index (κ2) is 7.11. The molecule has 0 unspecified atom stereocenters. The Labute approximate surface area is 133 Å². The van der Waals surface area contributed by atoms with E-state index in [9.17, 15) is 0 Å².